The zero-order valence-corrected chi connectivity index (χ0v) is 12.5. The highest BCUT2D eigenvalue weighted by Crippen LogP contribution is 2.22. The second kappa shape index (κ2) is 6.20. The van der Waals surface area contributed by atoms with Crippen molar-refractivity contribution in [2.24, 2.45) is 0 Å². The van der Waals surface area contributed by atoms with Crippen LogP contribution in [-0.4, -0.2) is 16.1 Å². The van der Waals surface area contributed by atoms with E-state index in [1.54, 1.807) is 11.3 Å². The van der Waals surface area contributed by atoms with Gasteiger partial charge in [0.1, 0.15) is 0 Å². The second-order valence-corrected chi connectivity index (χ2v) is 5.91. The minimum absolute atomic E-state index is 0.902. The van der Waals surface area contributed by atoms with Crippen molar-refractivity contribution in [3.63, 3.8) is 0 Å². The maximum absolute atomic E-state index is 4.16. The number of para-hydroxylation sites is 1. The summed E-state index contributed by atoms with van der Waals surface area (Å²) in [5.41, 5.74) is 4.60. The highest BCUT2D eigenvalue weighted by molar-refractivity contribution is 7.09. The number of fused-ring (bicyclic) bond motifs is 1. The molecular formula is C16H19N3S. The van der Waals surface area contributed by atoms with Gasteiger partial charge in [0.25, 0.3) is 0 Å². The van der Waals surface area contributed by atoms with Gasteiger partial charge in [-0.25, -0.2) is 0 Å². The van der Waals surface area contributed by atoms with Gasteiger partial charge in [-0.1, -0.05) is 25.1 Å². The number of benzene rings is 1. The first kappa shape index (κ1) is 13.3. The van der Waals surface area contributed by atoms with Gasteiger partial charge < -0.3 is 9.88 Å². The molecule has 3 nitrogen and oxygen atoms in total. The Kier molecular flexibility index (Phi) is 4.14. The van der Waals surface area contributed by atoms with Crippen molar-refractivity contribution in [2.45, 2.75) is 26.4 Å². The van der Waals surface area contributed by atoms with Gasteiger partial charge in [0.05, 0.1) is 17.6 Å². The summed E-state index contributed by atoms with van der Waals surface area (Å²) in [6, 6.07) is 8.73. The number of hydrogen-bond acceptors (Lipinski definition) is 3. The van der Waals surface area contributed by atoms with E-state index in [1.807, 2.05) is 11.7 Å². The Labute approximate surface area is 123 Å². The Morgan fingerprint density at radius 2 is 2.25 bits per heavy atom. The summed E-state index contributed by atoms with van der Waals surface area (Å²) in [7, 11) is 0. The monoisotopic (exact) mass is 285 g/mol. The van der Waals surface area contributed by atoms with Crippen LogP contribution in [0.1, 0.15) is 23.8 Å². The first-order valence-corrected chi connectivity index (χ1v) is 7.91. The average molecular weight is 285 g/mol. The molecule has 0 saturated carbocycles. The molecule has 2 heterocycles. The molecule has 0 aliphatic heterocycles. The molecular weight excluding hydrogens is 266 g/mol. The van der Waals surface area contributed by atoms with Crippen molar-refractivity contribution in [2.75, 3.05) is 6.54 Å². The first-order valence-electron chi connectivity index (χ1n) is 7.03. The van der Waals surface area contributed by atoms with Gasteiger partial charge in [-0.05, 0) is 30.0 Å². The summed E-state index contributed by atoms with van der Waals surface area (Å²) in [5, 5.41) is 4.81. The predicted octanol–water partition coefficient (Wildman–Crippen LogP) is 3.65. The highest BCUT2D eigenvalue weighted by atomic mass is 32.1. The molecule has 0 atom stereocenters. The van der Waals surface area contributed by atoms with Gasteiger partial charge in [0, 0.05) is 23.8 Å². The summed E-state index contributed by atoms with van der Waals surface area (Å²) in [5.74, 6) is 0. The summed E-state index contributed by atoms with van der Waals surface area (Å²) in [6.07, 6.45) is 5.29. The summed E-state index contributed by atoms with van der Waals surface area (Å²) >= 11 is 1.71. The lowest BCUT2D eigenvalue weighted by molar-refractivity contribution is 0.675. The minimum Gasteiger partial charge on any atom is -0.342 e. The van der Waals surface area contributed by atoms with Gasteiger partial charge in [-0.15, -0.1) is 11.3 Å². The van der Waals surface area contributed by atoms with Crippen LogP contribution < -0.4 is 5.32 Å². The molecule has 0 amide bonds. The van der Waals surface area contributed by atoms with E-state index < -0.39 is 0 Å². The molecule has 20 heavy (non-hydrogen) atoms. The maximum Gasteiger partial charge on any atom is 0.0794 e. The predicted molar refractivity (Wildman–Crippen MR) is 85.2 cm³/mol. The molecule has 104 valence electrons. The third kappa shape index (κ3) is 2.76. The van der Waals surface area contributed by atoms with E-state index >= 15 is 0 Å². The zero-order chi connectivity index (χ0) is 13.8. The Hall–Kier alpha value is -1.65. The van der Waals surface area contributed by atoms with E-state index in [1.165, 1.54) is 21.3 Å². The Morgan fingerprint density at radius 1 is 1.30 bits per heavy atom. The molecule has 0 unspecified atom stereocenters. The third-order valence-electron chi connectivity index (χ3n) is 3.42. The number of nitrogens with zero attached hydrogens (tertiary/aromatic N) is 2. The van der Waals surface area contributed by atoms with Gasteiger partial charge >= 0.3 is 0 Å². The molecule has 0 bridgehead atoms. The lowest BCUT2D eigenvalue weighted by Crippen LogP contribution is -2.14. The van der Waals surface area contributed by atoms with Crippen molar-refractivity contribution in [1.29, 1.82) is 0 Å². The molecule has 1 N–H and O–H groups in total. The van der Waals surface area contributed by atoms with Crippen molar-refractivity contribution >= 4 is 22.2 Å². The fourth-order valence-electron chi connectivity index (χ4n) is 2.50. The summed E-state index contributed by atoms with van der Waals surface area (Å²) in [4.78, 5) is 5.45. The zero-order valence-electron chi connectivity index (χ0n) is 11.7. The third-order valence-corrected chi connectivity index (χ3v) is 4.19. The average Bonchev–Trinajstić information content (AvgIpc) is 3.10. The standard InChI is InChI=1S/C16H19N3S/c1-2-7-17-9-14-5-3-4-13-6-8-19(16(13)14)11-15-10-18-12-20-15/h3-6,8,10,12,17H,2,7,9,11H2,1H3. The van der Waals surface area contributed by atoms with Crippen molar-refractivity contribution < 1.29 is 0 Å². The number of nitrogens with one attached hydrogen (secondary N) is 1. The largest absolute Gasteiger partial charge is 0.342 e. The van der Waals surface area contributed by atoms with Gasteiger partial charge in [0.15, 0.2) is 0 Å². The number of thiazole rings is 1. The molecule has 1 aromatic carbocycles. The quantitative estimate of drug-likeness (QED) is 0.701. The molecule has 0 aliphatic rings. The molecule has 0 spiro atoms. The van der Waals surface area contributed by atoms with E-state index in [-0.39, 0.29) is 0 Å². The molecule has 4 heteroatoms. The molecule has 3 aromatic rings. The van der Waals surface area contributed by atoms with Crippen LogP contribution in [0.4, 0.5) is 0 Å². The van der Waals surface area contributed by atoms with E-state index in [0.29, 0.717) is 0 Å². The number of aromatic nitrogens is 2. The fourth-order valence-corrected chi connectivity index (χ4v) is 3.10. The van der Waals surface area contributed by atoms with E-state index in [2.05, 4.69) is 52.3 Å². The lowest BCUT2D eigenvalue weighted by atomic mass is 10.1. The molecule has 0 saturated heterocycles. The summed E-state index contributed by atoms with van der Waals surface area (Å²) < 4.78 is 2.33. The SMILES string of the molecule is CCCNCc1cccc2ccn(Cc3cncs3)c12. The van der Waals surface area contributed by atoms with Crippen molar-refractivity contribution in [3.05, 3.63) is 52.6 Å². The topological polar surface area (TPSA) is 29.9 Å². The minimum atomic E-state index is 0.902. The lowest BCUT2D eigenvalue weighted by Gasteiger charge is -2.10. The maximum atomic E-state index is 4.16. The first-order chi connectivity index (χ1) is 9.88. The molecule has 2 aromatic heterocycles. The Morgan fingerprint density at radius 3 is 3.05 bits per heavy atom. The fraction of sp³-hybridized carbons (Fsp3) is 0.312. The summed E-state index contributed by atoms with van der Waals surface area (Å²) in [6.45, 7) is 5.09. The van der Waals surface area contributed by atoms with Gasteiger partial charge in [0.2, 0.25) is 0 Å². The van der Waals surface area contributed by atoms with Crippen LogP contribution in [-0.2, 0) is 13.1 Å². The van der Waals surface area contributed by atoms with Gasteiger partial charge in [-0.2, -0.15) is 0 Å². The van der Waals surface area contributed by atoms with Crippen LogP contribution >= 0.6 is 11.3 Å². The Bertz CT molecular complexity index is 670. The van der Waals surface area contributed by atoms with Crippen molar-refractivity contribution in [1.82, 2.24) is 14.9 Å². The Balaban J connectivity index is 1.92. The van der Waals surface area contributed by atoms with Crippen LogP contribution in [0.25, 0.3) is 10.9 Å². The van der Waals surface area contributed by atoms with Crippen LogP contribution in [0.5, 0.6) is 0 Å². The van der Waals surface area contributed by atoms with E-state index in [9.17, 15) is 0 Å². The second-order valence-electron chi connectivity index (χ2n) is 4.94. The molecule has 0 fully saturated rings. The van der Waals surface area contributed by atoms with E-state index in [4.69, 9.17) is 0 Å². The molecule has 0 radical (unpaired) electrons. The normalized spacial score (nSPS) is 11.2. The molecule has 0 aliphatic carbocycles. The number of hydrogen-bond donors (Lipinski definition) is 1. The van der Waals surface area contributed by atoms with Crippen LogP contribution in [0.3, 0.4) is 0 Å². The number of rotatable bonds is 6. The van der Waals surface area contributed by atoms with E-state index in [0.717, 1.165) is 26.1 Å². The molecule has 3 rings (SSSR count). The van der Waals surface area contributed by atoms with Crippen LogP contribution in [0, 0.1) is 0 Å². The van der Waals surface area contributed by atoms with Crippen LogP contribution in [0.2, 0.25) is 0 Å². The smallest absolute Gasteiger partial charge is 0.0794 e. The van der Waals surface area contributed by atoms with Crippen LogP contribution in [0.15, 0.2) is 42.2 Å². The highest BCUT2D eigenvalue weighted by Gasteiger charge is 2.07. The van der Waals surface area contributed by atoms with Gasteiger partial charge in [-0.3, -0.25) is 4.98 Å². The van der Waals surface area contributed by atoms with Crippen molar-refractivity contribution in [3.8, 4) is 0 Å².